The SMILES string of the molecule is CNCC=Cc1ccccc1C(=O)CC#N. The van der Waals surface area contributed by atoms with Crippen molar-refractivity contribution in [1.29, 1.82) is 5.26 Å². The molecule has 0 bridgehead atoms. The van der Waals surface area contributed by atoms with E-state index < -0.39 is 0 Å². The van der Waals surface area contributed by atoms with Gasteiger partial charge >= 0.3 is 0 Å². The van der Waals surface area contributed by atoms with E-state index in [4.69, 9.17) is 5.26 Å². The molecule has 0 fully saturated rings. The summed E-state index contributed by atoms with van der Waals surface area (Å²) >= 11 is 0. The van der Waals surface area contributed by atoms with Crippen molar-refractivity contribution in [3.05, 3.63) is 41.5 Å². The summed E-state index contributed by atoms with van der Waals surface area (Å²) in [6.07, 6.45) is 3.76. The van der Waals surface area contributed by atoms with Crippen LogP contribution in [-0.4, -0.2) is 19.4 Å². The summed E-state index contributed by atoms with van der Waals surface area (Å²) < 4.78 is 0. The van der Waals surface area contributed by atoms with Crippen LogP contribution in [0.1, 0.15) is 22.3 Å². The molecule has 0 aliphatic carbocycles. The molecule has 0 radical (unpaired) electrons. The Kier molecular flexibility index (Phi) is 4.97. The molecule has 1 aromatic carbocycles. The van der Waals surface area contributed by atoms with E-state index in [0.29, 0.717) is 5.56 Å². The minimum absolute atomic E-state index is 0.0725. The molecule has 0 saturated heterocycles. The molecule has 0 aromatic heterocycles. The van der Waals surface area contributed by atoms with Crippen molar-refractivity contribution in [2.45, 2.75) is 6.42 Å². The molecule has 82 valence electrons. The Morgan fingerprint density at radius 2 is 2.25 bits per heavy atom. The van der Waals surface area contributed by atoms with Gasteiger partial charge in [0.25, 0.3) is 0 Å². The van der Waals surface area contributed by atoms with Crippen LogP contribution in [0.15, 0.2) is 30.3 Å². The fourth-order valence-corrected chi connectivity index (χ4v) is 1.37. The molecule has 0 heterocycles. The van der Waals surface area contributed by atoms with E-state index in [9.17, 15) is 4.79 Å². The standard InChI is InChI=1S/C13H14N2O/c1-15-10-4-6-11-5-2-3-7-12(11)13(16)8-9-14/h2-7,15H,8,10H2,1H3. The zero-order chi connectivity index (χ0) is 11.8. The second-order valence-electron chi connectivity index (χ2n) is 3.31. The average Bonchev–Trinajstić information content (AvgIpc) is 2.30. The first-order valence-corrected chi connectivity index (χ1v) is 5.10. The van der Waals surface area contributed by atoms with Crippen LogP contribution in [0.2, 0.25) is 0 Å². The molecule has 16 heavy (non-hydrogen) atoms. The van der Waals surface area contributed by atoms with Crippen molar-refractivity contribution >= 4 is 11.9 Å². The zero-order valence-corrected chi connectivity index (χ0v) is 9.23. The molecular formula is C13H14N2O. The molecule has 1 rings (SSSR count). The van der Waals surface area contributed by atoms with Gasteiger partial charge in [-0.2, -0.15) is 5.26 Å². The zero-order valence-electron chi connectivity index (χ0n) is 9.23. The van der Waals surface area contributed by atoms with Crippen LogP contribution < -0.4 is 5.32 Å². The number of rotatable bonds is 5. The van der Waals surface area contributed by atoms with Gasteiger partial charge in [0.1, 0.15) is 0 Å². The molecule has 1 N–H and O–H groups in total. The summed E-state index contributed by atoms with van der Waals surface area (Å²) in [4.78, 5) is 11.6. The molecule has 0 saturated carbocycles. The average molecular weight is 214 g/mol. The molecule has 0 amide bonds. The van der Waals surface area contributed by atoms with Gasteiger partial charge in [-0.1, -0.05) is 36.4 Å². The van der Waals surface area contributed by atoms with Crippen LogP contribution in [-0.2, 0) is 0 Å². The highest BCUT2D eigenvalue weighted by Crippen LogP contribution is 2.12. The minimum atomic E-state index is -0.132. The molecule has 3 nitrogen and oxygen atoms in total. The summed E-state index contributed by atoms with van der Waals surface area (Å²) in [5, 5.41) is 11.5. The van der Waals surface area contributed by atoms with Gasteiger partial charge in [0.15, 0.2) is 5.78 Å². The highest BCUT2D eigenvalue weighted by Gasteiger charge is 2.07. The quantitative estimate of drug-likeness (QED) is 0.763. The highest BCUT2D eigenvalue weighted by molar-refractivity contribution is 6.00. The fourth-order valence-electron chi connectivity index (χ4n) is 1.37. The summed E-state index contributed by atoms with van der Waals surface area (Å²) in [5.74, 6) is -0.132. The number of ketones is 1. The van der Waals surface area contributed by atoms with Crippen molar-refractivity contribution < 1.29 is 4.79 Å². The van der Waals surface area contributed by atoms with E-state index in [2.05, 4.69) is 5.32 Å². The second-order valence-corrected chi connectivity index (χ2v) is 3.31. The number of nitrogens with one attached hydrogen (secondary N) is 1. The summed E-state index contributed by atoms with van der Waals surface area (Å²) in [6, 6.07) is 9.18. The van der Waals surface area contributed by atoms with E-state index in [1.165, 1.54) is 0 Å². The number of hydrogen-bond acceptors (Lipinski definition) is 3. The van der Waals surface area contributed by atoms with Crippen molar-refractivity contribution in [3.63, 3.8) is 0 Å². The maximum atomic E-state index is 11.6. The van der Waals surface area contributed by atoms with Crippen molar-refractivity contribution in [1.82, 2.24) is 5.32 Å². The topological polar surface area (TPSA) is 52.9 Å². The van der Waals surface area contributed by atoms with Gasteiger partial charge < -0.3 is 5.32 Å². The first kappa shape index (κ1) is 12.2. The third kappa shape index (κ3) is 3.34. The van der Waals surface area contributed by atoms with E-state index in [-0.39, 0.29) is 12.2 Å². The van der Waals surface area contributed by atoms with E-state index in [1.807, 2.05) is 37.4 Å². The van der Waals surface area contributed by atoms with Crippen molar-refractivity contribution in [2.24, 2.45) is 0 Å². The number of Topliss-reactive ketones (excluding diaryl/α,β-unsaturated/α-hetero) is 1. The molecule has 1 aromatic rings. The number of nitrogens with zero attached hydrogens (tertiary/aromatic N) is 1. The van der Waals surface area contributed by atoms with E-state index >= 15 is 0 Å². The molecule has 3 heteroatoms. The number of likely N-dealkylation sites (N-methyl/N-ethyl adjacent to an activating group) is 1. The number of carbonyl (C=O) groups excluding carboxylic acids is 1. The molecular weight excluding hydrogens is 200 g/mol. The number of nitriles is 1. The Morgan fingerprint density at radius 1 is 1.50 bits per heavy atom. The summed E-state index contributed by atoms with van der Waals surface area (Å²) in [7, 11) is 1.86. The molecule has 0 aliphatic rings. The summed E-state index contributed by atoms with van der Waals surface area (Å²) in [6.45, 7) is 0.751. The Hall–Kier alpha value is -1.92. The van der Waals surface area contributed by atoms with Crippen molar-refractivity contribution in [3.8, 4) is 6.07 Å². The lowest BCUT2D eigenvalue weighted by Gasteiger charge is -2.02. The number of hydrogen-bond donors (Lipinski definition) is 1. The Morgan fingerprint density at radius 3 is 2.94 bits per heavy atom. The number of benzene rings is 1. The Balaban J connectivity index is 2.92. The molecule has 0 aliphatic heterocycles. The monoisotopic (exact) mass is 214 g/mol. The van der Waals surface area contributed by atoms with Gasteiger partial charge in [0.2, 0.25) is 0 Å². The maximum Gasteiger partial charge on any atom is 0.177 e. The molecule has 0 spiro atoms. The first-order valence-electron chi connectivity index (χ1n) is 5.10. The van der Waals surface area contributed by atoms with Gasteiger partial charge in [-0.05, 0) is 12.6 Å². The van der Waals surface area contributed by atoms with Gasteiger partial charge in [-0.3, -0.25) is 4.79 Å². The van der Waals surface area contributed by atoms with Gasteiger partial charge in [0.05, 0.1) is 12.5 Å². The van der Waals surface area contributed by atoms with Gasteiger partial charge in [-0.15, -0.1) is 0 Å². The molecule has 0 atom stereocenters. The van der Waals surface area contributed by atoms with E-state index in [1.54, 1.807) is 12.1 Å². The maximum absolute atomic E-state index is 11.6. The van der Waals surface area contributed by atoms with Crippen LogP contribution >= 0.6 is 0 Å². The summed E-state index contributed by atoms with van der Waals surface area (Å²) in [5.41, 5.74) is 1.47. The van der Waals surface area contributed by atoms with E-state index in [0.717, 1.165) is 12.1 Å². The predicted molar refractivity (Wildman–Crippen MR) is 64.0 cm³/mol. The normalized spacial score (nSPS) is 10.2. The lowest BCUT2D eigenvalue weighted by Crippen LogP contribution is -2.04. The minimum Gasteiger partial charge on any atom is -0.316 e. The van der Waals surface area contributed by atoms with Gasteiger partial charge in [0, 0.05) is 12.1 Å². The lowest BCUT2D eigenvalue weighted by atomic mass is 10.0. The van der Waals surface area contributed by atoms with Crippen LogP contribution in [0.4, 0.5) is 0 Å². The Bertz CT molecular complexity index is 430. The van der Waals surface area contributed by atoms with Crippen LogP contribution in [0.3, 0.4) is 0 Å². The fraction of sp³-hybridized carbons (Fsp3) is 0.231. The lowest BCUT2D eigenvalue weighted by molar-refractivity contribution is 0.0997. The van der Waals surface area contributed by atoms with Crippen LogP contribution in [0.5, 0.6) is 0 Å². The number of carbonyl (C=O) groups is 1. The smallest absolute Gasteiger partial charge is 0.177 e. The highest BCUT2D eigenvalue weighted by atomic mass is 16.1. The van der Waals surface area contributed by atoms with Gasteiger partial charge in [-0.25, -0.2) is 0 Å². The third-order valence-electron chi connectivity index (χ3n) is 2.12. The van der Waals surface area contributed by atoms with Crippen molar-refractivity contribution in [2.75, 3.05) is 13.6 Å². The predicted octanol–water partition coefficient (Wildman–Crippen LogP) is 2.02. The van der Waals surface area contributed by atoms with Crippen LogP contribution in [0.25, 0.3) is 6.08 Å². The molecule has 0 unspecified atom stereocenters. The third-order valence-corrected chi connectivity index (χ3v) is 2.12. The second kappa shape index (κ2) is 6.54. The Labute approximate surface area is 95.4 Å². The largest absolute Gasteiger partial charge is 0.316 e. The van der Waals surface area contributed by atoms with Crippen LogP contribution in [0, 0.1) is 11.3 Å². The first-order chi connectivity index (χ1) is 7.79.